The van der Waals surface area contributed by atoms with Crippen molar-refractivity contribution >= 4 is 5.69 Å². The number of nitrogens with one attached hydrogen (secondary N) is 2. The summed E-state index contributed by atoms with van der Waals surface area (Å²) in [5, 5.41) is 7.88. The first-order valence-corrected chi connectivity index (χ1v) is 11.7. The molecule has 0 radical (unpaired) electrons. The molecule has 4 rings (SSSR count). The molecule has 0 unspecified atom stereocenters. The standard InChI is InChI=1S/C26H35N5O2/c1-17-10-18(2)29-26(32)24(17)15-27-13-21-11-20(22-14-28-30(4)16-22)12-25(19(21)3)31(5)23-6-8-33-9-7-23/h10-12,14,16,23,27H,6-9,13,15H2,1-5H3,(H,29,32). The van der Waals surface area contributed by atoms with E-state index in [0.29, 0.717) is 19.1 Å². The van der Waals surface area contributed by atoms with E-state index in [0.717, 1.165) is 54.0 Å². The molecule has 3 aromatic rings. The largest absolute Gasteiger partial charge is 0.381 e. The van der Waals surface area contributed by atoms with E-state index < -0.39 is 0 Å². The minimum absolute atomic E-state index is 0.0132. The lowest BCUT2D eigenvalue weighted by Gasteiger charge is -2.34. The van der Waals surface area contributed by atoms with E-state index in [1.165, 1.54) is 16.8 Å². The van der Waals surface area contributed by atoms with Crippen LogP contribution in [0, 0.1) is 20.8 Å². The van der Waals surface area contributed by atoms with E-state index >= 15 is 0 Å². The first-order valence-electron chi connectivity index (χ1n) is 11.7. The Balaban J connectivity index is 1.62. The average Bonchev–Trinajstić information content (AvgIpc) is 3.23. The lowest BCUT2D eigenvalue weighted by Crippen LogP contribution is -2.37. The van der Waals surface area contributed by atoms with Gasteiger partial charge < -0.3 is 19.9 Å². The van der Waals surface area contributed by atoms with Crippen LogP contribution in [0.25, 0.3) is 11.1 Å². The zero-order chi connectivity index (χ0) is 23.5. The topological polar surface area (TPSA) is 75.2 Å². The number of nitrogens with zero attached hydrogens (tertiary/aromatic N) is 3. The minimum atomic E-state index is -0.0132. The number of aryl methyl sites for hydroxylation is 3. The average molecular weight is 450 g/mol. The van der Waals surface area contributed by atoms with Gasteiger partial charge in [-0.1, -0.05) is 0 Å². The Kier molecular flexibility index (Phi) is 7.00. The molecule has 1 saturated heterocycles. The van der Waals surface area contributed by atoms with Gasteiger partial charge in [0.2, 0.25) is 0 Å². The summed E-state index contributed by atoms with van der Waals surface area (Å²) in [4.78, 5) is 17.7. The van der Waals surface area contributed by atoms with Crippen molar-refractivity contribution < 1.29 is 4.74 Å². The van der Waals surface area contributed by atoms with E-state index in [2.05, 4.69) is 52.6 Å². The molecule has 0 saturated carbocycles. The number of ether oxygens (including phenoxy) is 1. The number of aromatic nitrogens is 3. The zero-order valence-electron chi connectivity index (χ0n) is 20.4. The number of rotatable bonds is 7. The Morgan fingerprint density at radius 1 is 1.15 bits per heavy atom. The van der Waals surface area contributed by atoms with Gasteiger partial charge in [0, 0.05) is 75.1 Å². The van der Waals surface area contributed by atoms with Crippen molar-refractivity contribution in [2.24, 2.45) is 7.05 Å². The van der Waals surface area contributed by atoms with Crippen molar-refractivity contribution in [1.29, 1.82) is 0 Å². The monoisotopic (exact) mass is 449 g/mol. The highest BCUT2D eigenvalue weighted by atomic mass is 16.5. The van der Waals surface area contributed by atoms with Gasteiger partial charge in [-0.25, -0.2) is 0 Å². The fraction of sp³-hybridized carbons (Fsp3) is 0.462. The highest BCUT2D eigenvalue weighted by Crippen LogP contribution is 2.33. The smallest absolute Gasteiger partial charge is 0.252 e. The van der Waals surface area contributed by atoms with Crippen molar-refractivity contribution in [3.05, 3.63) is 68.9 Å². The van der Waals surface area contributed by atoms with Crippen LogP contribution in [0.1, 0.15) is 40.8 Å². The summed E-state index contributed by atoms with van der Waals surface area (Å²) >= 11 is 0. The number of anilines is 1. The van der Waals surface area contributed by atoms with Crippen LogP contribution in [0.15, 0.2) is 35.4 Å². The molecule has 0 spiro atoms. The Morgan fingerprint density at radius 3 is 2.58 bits per heavy atom. The SMILES string of the molecule is Cc1cc(C)c(CNCc2cc(-c3cnn(C)c3)cc(N(C)C3CCOCC3)c2C)c(=O)[nH]1. The first kappa shape index (κ1) is 23.3. The summed E-state index contributed by atoms with van der Waals surface area (Å²) in [6, 6.07) is 7.01. The van der Waals surface area contributed by atoms with Gasteiger partial charge in [-0.05, 0) is 74.1 Å². The molecule has 0 bridgehead atoms. The molecule has 7 nitrogen and oxygen atoms in total. The van der Waals surface area contributed by atoms with Gasteiger partial charge in [0.1, 0.15) is 0 Å². The Bertz CT molecular complexity index is 1170. The van der Waals surface area contributed by atoms with Crippen LogP contribution in [0.3, 0.4) is 0 Å². The molecule has 0 aliphatic carbocycles. The van der Waals surface area contributed by atoms with Gasteiger partial charge in [0.15, 0.2) is 0 Å². The predicted octanol–water partition coefficient (Wildman–Crippen LogP) is 3.61. The van der Waals surface area contributed by atoms with Gasteiger partial charge in [-0.2, -0.15) is 5.10 Å². The van der Waals surface area contributed by atoms with Crippen LogP contribution in [0.5, 0.6) is 0 Å². The maximum Gasteiger partial charge on any atom is 0.252 e. The summed E-state index contributed by atoms with van der Waals surface area (Å²) in [5.74, 6) is 0. The van der Waals surface area contributed by atoms with Crippen LogP contribution < -0.4 is 15.8 Å². The van der Waals surface area contributed by atoms with E-state index in [9.17, 15) is 4.79 Å². The number of H-pyrrole nitrogens is 1. The van der Waals surface area contributed by atoms with Gasteiger partial charge >= 0.3 is 0 Å². The van der Waals surface area contributed by atoms with E-state index in [1.807, 2.05) is 37.8 Å². The number of hydrogen-bond acceptors (Lipinski definition) is 5. The van der Waals surface area contributed by atoms with Crippen LogP contribution in [0.2, 0.25) is 0 Å². The van der Waals surface area contributed by atoms with Gasteiger partial charge in [-0.15, -0.1) is 0 Å². The molecule has 2 N–H and O–H groups in total. The molecular weight excluding hydrogens is 414 g/mol. The van der Waals surface area contributed by atoms with Crippen molar-refractivity contribution in [3.63, 3.8) is 0 Å². The fourth-order valence-electron chi connectivity index (χ4n) is 4.74. The maximum absolute atomic E-state index is 12.4. The molecule has 1 fully saturated rings. The van der Waals surface area contributed by atoms with E-state index in [1.54, 1.807) is 0 Å². The molecule has 0 amide bonds. The third kappa shape index (κ3) is 5.20. The number of aromatic amines is 1. The molecular formula is C26H35N5O2. The van der Waals surface area contributed by atoms with Gasteiger partial charge in [0.05, 0.1) is 6.20 Å². The van der Waals surface area contributed by atoms with Crippen LogP contribution >= 0.6 is 0 Å². The molecule has 1 aromatic carbocycles. The lowest BCUT2D eigenvalue weighted by molar-refractivity contribution is 0.0854. The fourth-order valence-corrected chi connectivity index (χ4v) is 4.74. The molecule has 176 valence electrons. The first-order chi connectivity index (χ1) is 15.8. The van der Waals surface area contributed by atoms with E-state index in [-0.39, 0.29) is 5.56 Å². The summed E-state index contributed by atoms with van der Waals surface area (Å²) in [5.41, 5.74) is 8.68. The van der Waals surface area contributed by atoms with Crippen molar-refractivity contribution in [2.45, 2.75) is 52.7 Å². The van der Waals surface area contributed by atoms with Crippen molar-refractivity contribution in [1.82, 2.24) is 20.1 Å². The molecule has 3 heterocycles. The van der Waals surface area contributed by atoms with E-state index in [4.69, 9.17) is 4.74 Å². The number of hydrogen-bond donors (Lipinski definition) is 2. The second kappa shape index (κ2) is 9.93. The summed E-state index contributed by atoms with van der Waals surface area (Å²) in [6.07, 6.45) is 6.04. The summed E-state index contributed by atoms with van der Waals surface area (Å²) in [6.45, 7) is 8.94. The second-order valence-electron chi connectivity index (χ2n) is 9.18. The van der Waals surface area contributed by atoms with Gasteiger partial charge in [0.25, 0.3) is 5.56 Å². The van der Waals surface area contributed by atoms with Crippen molar-refractivity contribution in [2.75, 3.05) is 25.2 Å². The molecule has 2 aromatic heterocycles. The number of pyridine rings is 1. The second-order valence-corrected chi connectivity index (χ2v) is 9.18. The zero-order valence-corrected chi connectivity index (χ0v) is 20.4. The highest BCUT2D eigenvalue weighted by molar-refractivity contribution is 5.72. The van der Waals surface area contributed by atoms with Gasteiger partial charge in [-0.3, -0.25) is 9.48 Å². The van der Waals surface area contributed by atoms with Crippen LogP contribution in [-0.4, -0.2) is 41.1 Å². The summed E-state index contributed by atoms with van der Waals surface area (Å²) < 4.78 is 7.42. The molecule has 0 atom stereocenters. The molecule has 1 aliphatic heterocycles. The number of benzene rings is 1. The Hall–Kier alpha value is -2.90. The highest BCUT2D eigenvalue weighted by Gasteiger charge is 2.22. The Morgan fingerprint density at radius 2 is 1.91 bits per heavy atom. The molecule has 1 aliphatic rings. The maximum atomic E-state index is 12.4. The summed E-state index contributed by atoms with van der Waals surface area (Å²) in [7, 11) is 4.13. The molecule has 7 heteroatoms. The predicted molar refractivity (Wildman–Crippen MR) is 133 cm³/mol. The normalized spacial score (nSPS) is 14.6. The molecule has 33 heavy (non-hydrogen) atoms. The van der Waals surface area contributed by atoms with Crippen LogP contribution in [-0.2, 0) is 24.9 Å². The third-order valence-corrected chi connectivity index (χ3v) is 6.76. The minimum Gasteiger partial charge on any atom is -0.381 e. The quantitative estimate of drug-likeness (QED) is 0.576. The lowest BCUT2D eigenvalue weighted by atomic mass is 9.97. The third-order valence-electron chi connectivity index (χ3n) is 6.76. The van der Waals surface area contributed by atoms with Crippen LogP contribution in [0.4, 0.5) is 5.69 Å². The van der Waals surface area contributed by atoms with Crippen molar-refractivity contribution in [3.8, 4) is 11.1 Å². The Labute approximate surface area is 195 Å².